The van der Waals surface area contributed by atoms with Crippen LogP contribution < -0.4 is 5.32 Å². The van der Waals surface area contributed by atoms with E-state index in [1.54, 1.807) is 18.0 Å². The summed E-state index contributed by atoms with van der Waals surface area (Å²) >= 11 is 3.21. The van der Waals surface area contributed by atoms with Crippen molar-refractivity contribution in [2.75, 3.05) is 18.9 Å². The molecule has 3 rings (SSSR count). The van der Waals surface area contributed by atoms with E-state index in [9.17, 15) is 4.79 Å². The molecule has 0 atom stereocenters. The predicted molar refractivity (Wildman–Crippen MR) is 76.4 cm³/mol. The molecule has 0 unspecified atom stereocenters. The second-order valence-corrected chi connectivity index (χ2v) is 5.35. The Morgan fingerprint density at radius 3 is 3.00 bits per heavy atom. The van der Waals surface area contributed by atoms with Crippen LogP contribution in [0.15, 0.2) is 27.5 Å². The third-order valence-corrected chi connectivity index (χ3v) is 3.71. The van der Waals surface area contributed by atoms with E-state index >= 15 is 0 Å². The Bertz CT molecular complexity index is 656. The lowest BCUT2D eigenvalue weighted by Gasteiger charge is -2.27. The van der Waals surface area contributed by atoms with Gasteiger partial charge in [0.25, 0.3) is 5.91 Å². The van der Waals surface area contributed by atoms with Crippen molar-refractivity contribution in [1.29, 1.82) is 0 Å². The Balaban J connectivity index is 1.82. The van der Waals surface area contributed by atoms with Crippen LogP contribution in [0.4, 0.5) is 5.82 Å². The summed E-state index contributed by atoms with van der Waals surface area (Å²) in [4.78, 5) is 14.2. The molecule has 0 aromatic carbocycles. The summed E-state index contributed by atoms with van der Waals surface area (Å²) in [6.07, 6.45) is 2.18. The van der Waals surface area contributed by atoms with E-state index in [2.05, 4.69) is 31.4 Å². The van der Waals surface area contributed by atoms with Gasteiger partial charge in [-0.15, -0.1) is 5.10 Å². The average Bonchev–Trinajstić information content (AvgIpc) is 2.91. The summed E-state index contributed by atoms with van der Waals surface area (Å²) in [6.45, 7) is 1.18. The average molecular weight is 337 g/mol. The number of aromatic nitrogens is 2. The van der Waals surface area contributed by atoms with Crippen molar-refractivity contribution in [2.45, 2.75) is 13.0 Å². The molecule has 0 spiro atoms. The van der Waals surface area contributed by atoms with Gasteiger partial charge in [-0.05, 0) is 27.6 Å². The maximum Gasteiger partial charge on any atom is 0.257 e. The highest BCUT2D eigenvalue weighted by Gasteiger charge is 2.24. The first-order valence-corrected chi connectivity index (χ1v) is 7.03. The van der Waals surface area contributed by atoms with E-state index in [4.69, 9.17) is 4.42 Å². The highest BCUT2D eigenvalue weighted by Crippen LogP contribution is 2.22. The summed E-state index contributed by atoms with van der Waals surface area (Å²) in [5.74, 6) is 0.678. The van der Waals surface area contributed by atoms with Gasteiger partial charge in [-0.3, -0.25) is 4.79 Å². The number of anilines is 1. The Morgan fingerprint density at radius 2 is 2.30 bits per heavy atom. The predicted octanol–water partition coefficient (Wildman–Crippen LogP) is 2.07. The van der Waals surface area contributed by atoms with Crippen LogP contribution in [0.2, 0.25) is 0 Å². The number of halogens is 1. The summed E-state index contributed by atoms with van der Waals surface area (Å²) in [6, 6.07) is 3.62. The Kier molecular flexibility index (Phi) is 3.43. The zero-order valence-electron chi connectivity index (χ0n) is 10.9. The molecule has 104 valence electrons. The molecule has 0 aliphatic carbocycles. The molecule has 1 aliphatic rings. The Morgan fingerprint density at radius 1 is 1.45 bits per heavy atom. The van der Waals surface area contributed by atoms with E-state index in [-0.39, 0.29) is 5.91 Å². The maximum atomic E-state index is 12.4. The van der Waals surface area contributed by atoms with Gasteiger partial charge in [0.05, 0.1) is 11.3 Å². The smallest absolute Gasteiger partial charge is 0.257 e. The third kappa shape index (κ3) is 2.40. The zero-order chi connectivity index (χ0) is 14.1. The Hall–Kier alpha value is -1.89. The van der Waals surface area contributed by atoms with Gasteiger partial charge in [-0.25, -0.2) is 0 Å². The summed E-state index contributed by atoms with van der Waals surface area (Å²) in [5, 5.41) is 11.2. The second kappa shape index (κ2) is 5.24. The van der Waals surface area contributed by atoms with Crippen LogP contribution in [-0.2, 0) is 13.0 Å². The topological polar surface area (TPSA) is 71.3 Å². The van der Waals surface area contributed by atoms with Crippen LogP contribution >= 0.6 is 15.9 Å². The summed E-state index contributed by atoms with van der Waals surface area (Å²) in [5.41, 5.74) is 2.55. The van der Waals surface area contributed by atoms with Crippen LogP contribution in [0, 0.1) is 0 Å². The van der Waals surface area contributed by atoms with Gasteiger partial charge < -0.3 is 14.6 Å². The fourth-order valence-electron chi connectivity index (χ4n) is 2.23. The molecule has 2 aromatic heterocycles. The van der Waals surface area contributed by atoms with Crippen molar-refractivity contribution in [3.8, 4) is 0 Å². The first kappa shape index (κ1) is 13.1. The summed E-state index contributed by atoms with van der Waals surface area (Å²) < 4.78 is 5.68. The monoisotopic (exact) mass is 336 g/mol. The van der Waals surface area contributed by atoms with Crippen LogP contribution in [0.1, 0.15) is 21.6 Å². The van der Waals surface area contributed by atoms with Crippen LogP contribution in [-0.4, -0.2) is 34.6 Å². The molecule has 3 heterocycles. The van der Waals surface area contributed by atoms with Crippen molar-refractivity contribution >= 4 is 27.7 Å². The fourth-order valence-corrected chi connectivity index (χ4v) is 2.57. The largest absolute Gasteiger partial charge is 0.457 e. The highest BCUT2D eigenvalue weighted by atomic mass is 79.9. The first-order valence-electron chi connectivity index (χ1n) is 6.24. The molecule has 1 N–H and O–H groups in total. The molecule has 0 radical (unpaired) electrons. The van der Waals surface area contributed by atoms with Crippen molar-refractivity contribution in [1.82, 2.24) is 15.1 Å². The molecule has 2 aromatic rings. The molecule has 0 saturated heterocycles. The molecular formula is C13H13BrN4O2. The van der Waals surface area contributed by atoms with Gasteiger partial charge in [0, 0.05) is 32.6 Å². The summed E-state index contributed by atoms with van der Waals surface area (Å²) in [7, 11) is 1.80. The van der Waals surface area contributed by atoms with E-state index in [0.717, 1.165) is 17.7 Å². The normalized spacial score (nSPS) is 14.0. The molecule has 1 amide bonds. The SMILES string of the molecule is CNc1cc2c(nn1)CCN(C(=O)c1coc(Br)c1)C2. The van der Waals surface area contributed by atoms with E-state index in [1.165, 1.54) is 6.26 Å². The molecule has 6 nitrogen and oxygen atoms in total. The van der Waals surface area contributed by atoms with E-state index in [1.807, 2.05) is 6.07 Å². The minimum absolute atomic E-state index is 0.0343. The Labute approximate surface area is 124 Å². The molecular weight excluding hydrogens is 324 g/mol. The number of fused-ring (bicyclic) bond motifs is 1. The quantitative estimate of drug-likeness (QED) is 0.908. The van der Waals surface area contributed by atoms with Crippen LogP contribution in [0.5, 0.6) is 0 Å². The molecule has 0 saturated carbocycles. The van der Waals surface area contributed by atoms with E-state index < -0.39 is 0 Å². The standard InChI is InChI=1S/C13H13BrN4O2/c1-15-12-5-8-6-18(3-2-10(8)16-17-12)13(19)9-4-11(14)20-7-9/h4-5,7H,2-3,6H2,1H3,(H,15,17). The number of amides is 1. The van der Waals surface area contributed by atoms with Crippen molar-refractivity contribution < 1.29 is 9.21 Å². The molecule has 0 bridgehead atoms. The third-order valence-electron chi connectivity index (χ3n) is 3.30. The molecule has 1 aliphatic heterocycles. The maximum absolute atomic E-state index is 12.4. The lowest BCUT2D eigenvalue weighted by molar-refractivity contribution is 0.0732. The molecule has 20 heavy (non-hydrogen) atoms. The minimum atomic E-state index is -0.0343. The minimum Gasteiger partial charge on any atom is -0.457 e. The van der Waals surface area contributed by atoms with E-state index in [0.29, 0.717) is 29.1 Å². The number of carbonyl (C=O) groups excluding carboxylic acids is 1. The van der Waals surface area contributed by atoms with Gasteiger partial charge in [0.15, 0.2) is 4.67 Å². The highest BCUT2D eigenvalue weighted by molar-refractivity contribution is 9.10. The van der Waals surface area contributed by atoms with Crippen LogP contribution in [0.25, 0.3) is 0 Å². The van der Waals surface area contributed by atoms with Gasteiger partial charge in [-0.2, -0.15) is 5.10 Å². The number of carbonyl (C=O) groups is 1. The van der Waals surface area contributed by atoms with Crippen LogP contribution in [0.3, 0.4) is 0 Å². The lowest BCUT2D eigenvalue weighted by Crippen LogP contribution is -2.36. The molecule has 0 fully saturated rings. The van der Waals surface area contributed by atoms with Gasteiger partial charge in [-0.1, -0.05) is 0 Å². The van der Waals surface area contributed by atoms with Crippen molar-refractivity contribution in [2.24, 2.45) is 0 Å². The molecule has 7 heteroatoms. The number of hydrogen-bond donors (Lipinski definition) is 1. The van der Waals surface area contributed by atoms with Gasteiger partial charge in [0.1, 0.15) is 12.1 Å². The fraction of sp³-hybridized carbons (Fsp3) is 0.308. The number of nitrogens with one attached hydrogen (secondary N) is 1. The van der Waals surface area contributed by atoms with Gasteiger partial charge >= 0.3 is 0 Å². The zero-order valence-corrected chi connectivity index (χ0v) is 12.5. The first-order chi connectivity index (χ1) is 9.67. The number of furan rings is 1. The number of hydrogen-bond acceptors (Lipinski definition) is 5. The number of rotatable bonds is 2. The second-order valence-electron chi connectivity index (χ2n) is 4.57. The van der Waals surface area contributed by atoms with Crippen molar-refractivity contribution in [3.05, 3.63) is 39.9 Å². The lowest BCUT2D eigenvalue weighted by atomic mass is 10.1. The van der Waals surface area contributed by atoms with Gasteiger partial charge in [0.2, 0.25) is 0 Å². The van der Waals surface area contributed by atoms with Crippen molar-refractivity contribution in [3.63, 3.8) is 0 Å². The number of nitrogens with zero attached hydrogens (tertiary/aromatic N) is 3.